The molecule has 1 unspecified atom stereocenters. The smallest absolute Gasteiger partial charge is 0.176 e. The van der Waals surface area contributed by atoms with Crippen LogP contribution >= 0.6 is 0 Å². The molecule has 0 amide bonds. The van der Waals surface area contributed by atoms with Crippen LogP contribution in [0.5, 0.6) is 0 Å². The first kappa shape index (κ1) is 10.6. The van der Waals surface area contributed by atoms with Crippen molar-refractivity contribution in [3.05, 3.63) is 29.3 Å². The molecular formula is C10H12FN3. The van der Waals surface area contributed by atoms with Gasteiger partial charge in [-0.15, -0.1) is 0 Å². The van der Waals surface area contributed by atoms with Gasteiger partial charge in [-0.25, -0.2) is 9.37 Å². The highest BCUT2D eigenvalue weighted by Crippen LogP contribution is 2.19. The number of halogens is 1. The van der Waals surface area contributed by atoms with Crippen molar-refractivity contribution in [2.24, 2.45) is 11.7 Å². The van der Waals surface area contributed by atoms with Crippen molar-refractivity contribution in [2.45, 2.75) is 19.9 Å². The van der Waals surface area contributed by atoms with Crippen LogP contribution in [0.2, 0.25) is 0 Å². The third-order valence-electron chi connectivity index (χ3n) is 2.07. The van der Waals surface area contributed by atoms with Crippen molar-refractivity contribution in [1.82, 2.24) is 4.98 Å². The van der Waals surface area contributed by atoms with Crippen LogP contribution in [0, 0.1) is 23.1 Å². The summed E-state index contributed by atoms with van der Waals surface area (Å²) >= 11 is 0. The van der Waals surface area contributed by atoms with Crippen LogP contribution in [0.1, 0.15) is 31.1 Å². The first-order valence-electron chi connectivity index (χ1n) is 4.37. The quantitative estimate of drug-likeness (QED) is 0.778. The lowest BCUT2D eigenvalue weighted by Gasteiger charge is -2.15. The summed E-state index contributed by atoms with van der Waals surface area (Å²) in [6, 6.07) is 2.69. The molecule has 74 valence electrons. The van der Waals surface area contributed by atoms with Crippen LogP contribution in [0.25, 0.3) is 0 Å². The van der Waals surface area contributed by atoms with E-state index < -0.39 is 5.82 Å². The van der Waals surface area contributed by atoms with Crippen LogP contribution in [0.4, 0.5) is 4.39 Å². The van der Waals surface area contributed by atoms with Gasteiger partial charge in [0.05, 0.1) is 0 Å². The number of aromatic nitrogens is 1. The lowest BCUT2D eigenvalue weighted by atomic mass is 9.98. The van der Waals surface area contributed by atoms with E-state index in [2.05, 4.69) is 4.98 Å². The molecule has 0 aliphatic rings. The van der Waals surface area contributed by atoms with Crippen molar-refractivity contribution >= 4 is 0 Å². The predicted octanol–water partition coefficient (Wildman–Crippen LogP) is 1.75. The van der Waals surface area contributed by atoms with E-state index in [9.17, 15) is 4.39 Å². The molecule has 3 nitrogen and oxygen atoms in total. The molecule has 0 saturated heterocycles. The molecule has 0 radical (unpaired) electrons. The summed E-state index contributed by atoms with van der Waals surface area (Å²) in [5, 5.41) is 8.47. The topological polar surface area (TPSA) is 62.7 Å². The number of pyridine rings is 1. The van der Waals surface area contributed by atoms with E-state index in [1.807, 2.05) is 13.8 Å². The van der Waals surface area contributed by atoms with Gasteiger partial charge in [-0.1, -0.05) is 13.8 Å². The monoisotopic (exact) mass is 193 g/mol. The Hall–Kier alpha value is -1.47. The number of rotatable bonds is 2. The molecule has 1 aromatic heterocycles. The van der Waals surface area contributed by atoms with Gasteiger partial charge in [0.15, 0.2) is 11.5 Å². The molecule has 4 heteroatoms. The van der Waals surface area contributed by atoms with E-state index in [-0.39, 0.29) is 17.7 Å². The largest absolute Gasteiger partial charge is 0.324 e. The molecule has 1 atom stereocenters. The number of nitrogens with two attached hydrogens (primary N) is 1. The molecular weight excluding hydrogens is 181 g/mol. The maximum Gasteiger partial charge on any atom is 0.176 e. The highest BCUT2D eigenvalue weighted by atomic mass is 19.1. The minimum atomic E-state index is -0.610. The van der Waals surface area contributed by atoms with Crippen molar-refractivity contribution in [3.8, 4) is 6.07 Å². The molecule has 0 saturated carbocycles. The second kappa shape index (κ2) is 4.16. The summed E-state index contributed by atoms with van der Waals surface area (Å²) < 4.78 is 13.1. The van der Waals surface area contributed by atoms with Crippen LogP contribution < -0.4 is 5.73 Å². The lowest BCUT2D eigenvalue weighted by Crippen LogP contribution is -2.17. The Morgan fingerprint density at radius 1 is 1.57 bits per heavy atom. The maximum atomic E-state index is 13.1. The van der Waals surface area contributed by atoms with Crippen molar-refractivity contribution in [2.75, 3.05) is 0 Å². The van der Waals surface area contributed by atoms with Crippen LogP contribution in [-0.4, -0.2) is 4.98 Å². The molecule has 14 heavy (non-hydrogen) atoms. The third-order valence-corrected chi connectivity index (χ3v) is 2.07. The Morgan fingerprint density at radius 3 is 2.64 bits per heavy atom. The molecule has 0 spiro atoms. The molecule has 1 aromatic rings. The summed E-state index contributed by atoms with van der Waals surface area (Å²) in [5.41, 5.74) is 6.24. The Kier molecular flexibility index (Phi) is 3.15. The first-order valence-corrected chi connectivity index (χ1v) is 4.37. The first-order chi connectivity index (χ1) is 6.56. The minimum Gasteiger partial charge on any atom is -0.324 e. The zero-order valence-electron chi connectivity index (χ0n) is 8.16. The second-order valence-corrected chi connectivity index (χ2v) is 3.48. The Balaban J connectivity index is 3.04. The normalized spacial score (nSPS) is 12.6. The molecule has 1 rings (SSSR count). The summed E-state index contributed by atoms with van der Waals surface area (Å²) in [4.78, 5) is 3.68. The Morgan fingerprint density at radius 2 is 2.21 bits per heavy atom. The van der Waals surface area contributed by atoms with Gasteiger partial charge >= 0.3 is 0 Å². The zero-order chi connectivity index (χ0) is 10.7. The van der Waals surface area contributed by atoms with Crippen molar-refractivity contribution < 1.29 is 4.39 Å². The van der Waals surface area contributed by atoms with E-state index in [0.717, 1.165) is 0 Å². The number of hydrogen-bond acceptors (Lipinski definition) is 3. The van der Waals surface area contributed by atoms with Crippen molar-refractivity contribution in [1.29, 1.82) is 5.26 Å². The van der Waals surface area contributed by atoms with Crippen LogP contribution in [-0.2, 0) is 0 Å². The average Bonchev–Trinajstić information content (AvgIpc) is 2.16. The lowest BCUT2D eigenvalue weighted by molar-refractivity contribution is 0.507. The molecule has 0 aromatic carbocycles. The van der Waals surface area contributed by atoms with Crippen LogP contribution in [0.3, 0.4) is 0 Å². The molecule has 2 N–H and O–H groups in total. The fraction of sp³-hybridized carbons (Fsp3) is 0.400. The number of hydrogen-bond donors (Lipinski definition) is 1. The van der Waals surface area contributed by atoms with E-state index in [4.69, 9.17) is 11.0 Å². The Labute approximate surface area is 82.4 Å². The molecule has 0 fully saturated rings. The zero-order valence-corrected chi connectivity index (χ0v) is 8.16. The summed E-state index contributed by atoms with van der Waals surface area (Å²) in [7, 11) is 0. The number of nitriles is 1. The van der Waals surface area contributed by atoms with Crippen molar-refractivity contribution in [3.63, 3.8) is 0 Å². The average molecular weight is 193 g/mol. The standard InChI is InChI=1S/C10H12FN3/c1-6(2)10(13)7-3-8(11)9(4-12)14-5-7/h3,5-6,10H,13H2,1-2H3. The van der Waals surface area contributed by atoms with Gasteiger partial charge in [0, 0.05) is 12.2 Å². The van der Waals surface area contributed by atoms with E-state index in [1.165, 1.54) is 12.3 Å². The Bertz CT molecular complexity index is 368. The highest BCUT2D eigenvalue weighted by molar-refractivity contribution is 5.26. The summed E-state index contributed by atoms with van der Waals surface area (Å²) in [6.07, 6.45) is 1.45. The predicted molar refractivity (Wildman–Crippen MR) is 50.7 cm³/mol. The SMILES string of the molecule is CC(C)C(N)c1cnc(C#N)c(F)c1. The van der Waals surface area contributed by atoms with E-state index in [0.29, 0.717) is 5.56 Å². The highest BCUT2D eigenvalue weighted by Gasteiger charge is 2.13. The summed E-state index contributed by atoms with van der Waals surface area (Å²) in [6.45, 7) is 3.89. The fourth-order valence-electron chi connectivity index (χ4n) is 1.10. The van der Waals surface area contributed by atoms with Crippen LogP contribution in [0.15, 0.2) is 12.3 Å². The third kappa shape index (κ3) is 2.06. The van der Waals surface area contributed by atoms with Gasteiger partial charge in [0.1, 0.15) is 6.07 Å². The van der Waals surface area contributed by atoms with Gasteiger partial charge in [-0.2, -0.15) is 5.26 Å². The van der Waals surface area contributed by atoms with Gasteiger partial charge in [-0.3, -0.25) is 0 Å². The van der Waals surface area contributed by atoms with Gasteiger partial charge in [0.2, 0.25) is 0 Å². The molecule has 0 aliphatic heterocycles. The number of nitrogens with zero attached hydrogens (tertiary/aromatic N) is 2. The maximum absolute atomic E-state index is 13.1. The van der Waals surface area contributed by atoms with E-state index >= 15 is 0 Å². The van der Waals surface area contributed by atoms with Gasteiger partial charge in [0.25, 0.3) is 0 Å². The fourth-order valence-corrected chi connectivity index (χ4v) is 1.10. The van der Waals surface area contributed by atoms with E-state index in [1.54, 1.807) is 6.07 Å². The minimum absolute atomic E-state index is 0.190. The van der Waals surface area contributed by atoms with Gasteiger partial charge < -0.3 is 5.73 Å². The summed E-state index contributed by atoms with van der Waals surface area (Å²) in [5.74, 6) is -0.398. The second-order valence-electron chi connectivity index (χ2n) is 3.48. The molecule has 0 bridgehead atoms. The molecule has 0 aliphatic carbocycles. The molecule has 1 heterocycles. The van der Waals surface area contributed by atoms with Gasteiger partial charge in [-0.05, 0) is 17.5 Å².